The number of piperidine rings is 1. The molecule has 0 aromatic carbocycles. The Morgan fingerprint density at radius 2 is 2.12 bits per heavy atom. The molecule has 0 aliphatic carbocycles. The molecular weight excluding hydrogens is 328 g/mol. The van der Waals surface area contributed by atoms with E-state index in [0.29, 0.717) is 11.8 Å². The van der Waals surface area contributed by atoms with Crippen molar-refractivity contribution >= 4 is 28.3 Å². The van der Waals surface area contributed by atoms with Gasteiger partial charge in [-0.1, -0.05) is 0 Å². The maximum Gasteiger partial charge on any atom is 0.321 e. The quantitative estimate of drug-likeness (QED) is 0.861. The molecule has 2 amide bonds. The lowest BCUT2D eigenvalue weighted by Crippen LogP contribution is -2.32. The van der Waals surface area contributed by atoms with Gasteiger partial charge in [0.25, 0.3) is 0 Å². The van der Waals surface area contributed by atoms with E-state index >= 15 is 0 Å². The van der Waals surface area contributed by atoms with Gasteiger partial charge in [-0.05, 0) is 36.8 Å². The van der Waals surface area contributed by atoms with Crippen molar-refractivity contribution in [3.05, 3.63) is 23.3 Å². The summed E-state index contributed by atoms with van der Waals surface area (Å²) in [6, 6.07) is 3.68. The van der Waals surface area contributed by atoms with Gasteiger partial charge in [0.1, 0.15) is 0 Å². The average molecular weight is 348 g/mol. The van der Waals surface area contributed by atoms with Gasteiger partial charge in [-0.15, -0.1) is 11.3 Å². The highest BCUT2D eigenvalue weighted by molar-refractivity contribution is 7.14. The van der Waals surface area contributed by atoms with Gasteiger partial charge in [0.2, 0.25) is 5.95 Å². The number of rotatable bonds is 5. The van der Waals surface area contributed by atoms with Crippen molar-refractivity contribution in [1.82, 2.24) is 20.3 Å². The van der Waals surface area contributed by atoms with E-state index in [9.17, 15) is 4.79 Å². The first kappa shape index (κ1) is 16.4. The largest absolute Gasteiger partial charge is 0.467 e. The van der Waals surface area contributed by atoms with E-state index in [0.717, 1.165) is 30.9 Å². The number of amides is 2. The van der Waals surface area contributed by atoms with Crippen LogP contribution in [0, 0.1) is 0 Å². The molecule has 9 heteroatoms. The van der Waals surface area contributed by atoms with Gasteiger partial charge < -0.3 is 15.0 Å². The predicted octanol–water partition coefficient (Wildman–Crippen LogP) is 2.25. The number of hydrogen-bond donors (Lipinski definition) is 2. The zero-order valence-corrected chi connectivity index (χ0v) is 14.3. The monoisotopic (exact) mass is 348 g/mol. The maximum absolute atomic E-state index is 11.9. The SMILES string of the molecule is COc1nc(CNC(=O)Nc2cccs2)nc(N2CCCCC2)n1. The van der Waals surface area contributed by atoms with E-state index in [1.165, 1.54) is 24.9 Å². The van der Waals surface area contributed by atoms with Crippen molar-refractivity contribution in [2.24, 2.45) is 0 Å². The first-order valence-electron chi connectivity index (χ1n) is 7.87. The average Bonchev–Trinajstić information content (AvgIpc) is 3.13. The second-order valence-electron chi connectivity index (χ2n) is 5.37. The highest BCUT2D eigenvalue weighted by Crippen LogP contribution is 2.18. The van der Waals surface area contributed by atoms with Crippen LogP contribution >= 0.6 is 11.3 Å². The number of anilines is 2. The van der Waals surface area contributed by atoms with E-state index in [1.807, 2.05) is 17.5 Å². The molecule has 3 heterocycles. The normalized spacial score (nSPS) is 14.3. The zero-order chi connectivity index (χ0) is 16.8. The molecule has 0 unspecified atom stereocenters. The van der Waals surface area contributed by atoms with Gasteiger partial charge in [0, 0.05) is 13.1 Å². The third-order valence-corrected chi connectivity index (χ3v) is 4.42. The fourth-order valence-corrected chi connectivity index (χ4v) is 3.07. The third kappa shape index (κ3) is 4.31. The molecular formula is C15H20N6O2S. The minimum absolute atomic E-state index is 0.205. The maximum atomic E-state index is 11.9. The molecule has 0 radical (unpaired) electrons. The fourth-order valence-electron chi connectivity index (χ4n) is 2.46. The summed E-state index contributed by atoms with van der Waals surface area (Å²) in [5, 5.41) is 8.19. The number of thiophene rings is 1. The second kappa shape index (κ2) is 7.91. The van der Waals surface area contributed by atoms with Crippen LogP contribution in [0.1, 0.15) is 25.1 Å². The second-order valence-corrected chi connectivity index (χ2v) is 6.32. The topological polar surface area (TPSA) is 92.3 Å². The summed E-state index contributed by atoms with van der Waals surface area (Å²) in [4.78, 5) is 27.0. The van der Waals surface area contributed by atoms with Crippen molar-refractivity contribution in [2.45, 2.75) is 25.8 Å². The predicted molar refractivity (Wildman–Crippen MR) is 92.6 cm³/mol. The first-order valence-corrected chi connectivity index (χ1v) is 8.75. The van der Waals surface area contributed by atoms with Gasteiger partial charge in [-0.2, -0.15) is 15.0 Å². The highest BCUT2D eigenvalue weighted by Gasteiger charge is 2.16. The first-order chi connectivity index (χ1) is 11.7. The van der Waals surface area contributed by atoms with Gasteiger partial charge in [0.15, 0.2) is 5.82 Å². The summed E-state index contributed by atoms with van der Waals surface area (Å²) in [5.41, 5.74) is 0. The van der Waals surface area contributed by atoms with Crippen molar-refractivity contribution in [2.75, 3.05) is 30.4 Å². The highest BCUT2D eigenvalue weighted by atomic mass is 32.1. The molecule has 0 saturated carbocycles. The van der Waals surface area contributed by atoms with Gasteiger partial charge in [0.05, 0.1) is 18.7 Å². The van der Waals surface area contributed by atoms with Crippen LogP contribution in [-0.2, 0) is 6.54 Å². The molecule has 0 spiro atoms. The Labute approximate surface area is 144 Å². The van der Waals surface area contributed by atoms with Crippen molar-refractivity contribution in [3.8, 4) is 6.01 Å². The number of aromatic nitrogens is 3. The molecule has 24 heavy (non-hydrogen) atoms. The zero-order valence-electron chi connectivity index (χ0n) is 13.5. The van der Waals surface area contributed by atoms with Crippen LogP contribution in [-0.4, -0.2) is 41.2 Å². The summed E-state index contributed by atoms with van der Waals surface area (Å²) < 4.78 is 5.16. The Bertz CT molecular complexity index is 673. The number of nitrogens with zero attached hydrogens (tertiary/aromatic N) is 4. The fraction of sp³-hybridized carbons (Fsp3) is 0.467. The summed E-state index contributed by atoms with van der Waals surface area (Å²) in [6.45, 7) is 2.06. The van der Waals surface area contributed by atoms with Crippen LogP contribution in [0.3, 0.4) is 0 Å². The molecule has 8 nitrogen and oxygen atoms in total. The summed E-state index contributed by atoms with van der Waals surface area (Å²) >= 11 is 1.46. The lowest BCUT2D eigenvalue weighted by atomic mass is 10.1. The molecule has 2 aromatic rings. The molecule has 1 aliphatic heterocycles. The number of urea groups is 1. The van der Waals surface area contributed by atoms with Gasteiger partial charge >= 0.3 is 12.0 Å². The van der Waals surface area contributed by atoms with Crippen LogP contribution in [0.2, 0.25) is 0 Å². The molecule has 0 atom stereocenters. The molecule has 2 N–H and O–H groups in total. The van der Waals surface area contributed by atoms with E-state index in [2.05, 4.69) is 30.5 Å². The molecule has 1 saturated heterocycles. The molecule has 1 fully saturated rings. The van der Waals surface area contributed by atoms with Crippen molar-refractivity contribution in [1.29, 1.82) is 0 Å². The Balaban J connectivity index is 1.64. The Morgan fingerprint density at radius 1 is 1.29 bits per heavy atom. The van der Waals surface area contributed by atoms with Crippen molar-refractivity contribution in [3.63, 3.8) is 0 Å². The standard InChI is InChI=1S/C15H20N6O2S/c1-23-15-18-11(10-16-14(22)19-12-6-5-9-24-12)17-13(20-15)21-7-3-2-4-8-21/h5-6,9H,2-4,7-8,10H2,1H3,(H2,16,19,22). The molecule has 0 bridgehead atoms. The lowest BCUT2D eigenvalue weighted by Gasteiger charge is -2.26. The smallest absolute Gasteiger partial charge is 0.321 e. The van der Waals surface area contributed by atoms with Gasteiger partial charge in [-0.25, -0.2) is 4.79 Å². The summed E-state index contributed by atoms with van der Waals surface area (Å²) in [5.74, 6) is 1.08. The van der Waals surface area contributed by atoms with Crippen LogP contribution < -0.4 is 20.3 Å². The van der Waals surface area contributed by atoms with E-state index in [-0.39, 0.29) is 18.6 Å². The minimum atomic E-state index is -0.295. The van der Waals surface area contributed by atoms with Crippen LogP contribution in [0.4, 0.5) is 15.7 Å². The van der Waals surface area contributed by atoms with Gasteiger partial charge in [-0.3, -0.25) is 5.32 Å². The Morgan fingerprint density at radius 3 is 2.83 bits per heavy atom. The minimum Gasteiger partial charge on any atom is -0.467 e. The molecule has 3 rings (SSSR count). The molecule has 128 valence electrons. The molecule has 2 aromatic heterocycles. The third-order valence-electron chi connectivity index (χ3n) is 3.64. The number of hydrogen-bond acceptors (Lipinski definition) is 7. The number of methoxy groups -OCH3 is 1. The van der Waals surface area contributed by atoms with Crippen molar-refractivity contribution < 1.29 is 9.53 Å². The van der Waals surface area contributed by atoms with E-state index in [1.54, 1.807) is 0 Å². The van der Waals surface area contributed by atoms with Crippen LogP contribution in [0.5, 0.6) is 6.01 Å². The van der Waals surface area contributed by atoms with Crippen LogP contribution in [0.15, 0.2) is 17.5 Å². The Kier molecular flexibility index (Phi) is 5.42. The number of carbonyl (C=O) groups is 1. The number of ether oxygens (including phenoxy) is 1. The van der Waals surface area contributed by atoms with E-state index in [4.69, 9.17) is 4.74 Å². The summed E-state index contributed by atoms with van der Waals surface area (Å²) in [7, 11) is 1.52. The lowest BCUT2D eigenvalue weighted by molar-refractivity contribution is 0.251. The Hall–Kier alpha value is -2.42. The molecule has 1 aliphatic rings. The number of carbonyl (C=O) groups excluding carboxylic acids is 1. The van der Waals surface area contributed by atoms with Crippen LogP contribution in [0.25, 0.3) is 0 Å². The summed E-state index contributed by atoms with van der Waals surface area (Å²) in [6.07, 6.45) is 3.49. The number of nitrogens with one attached hydrogen (secondary N) is 2. The van der Waals surface area contributed by atoms with E-state index < -0.39 is 0 Å².